The van der Waals surface area contributed by atoms with Gasteiger partial charge in [0.25, 0.3) is 0 Å². The summed E-state index contributed by atoms with van der Waals surface area (Å²) in [5, 5.41) is 3.64. The molecule has 0 saturated heterocycles. The molecule has 0 bridgehead atoms. The van der Waals surface area contributed by atoms with Gasteiger partial charge in [-0.05, 0) is 37.3 Å². The third-order valence-electron chi connectivity index (χ3n) is 5.34. The van der Waals surface area contributed by atoms with E-state index < -0.39 is 0 Å². The van der Waals surface area contributed by atoms with Crippen LogP contribution in [-0.2, 0) is 0 Å². The fraction of sp³-hybridized carbons (Fsp3) is 1.00. The molecule has 1 saturated carbocycles. The molecule has 0 aromatic carbocycles. The Bertz CT molecular complexity index is 230. The molecule has 20 heavy (non-hydrogen) atoms. The van der Waals surface area contributed by atoms with Gasteiger partial charge in [0.05, 0.1) is 0 Å². The van der Waals surface area contributed by atoms with Crippen molar-refractivity contribution < 1.29 is 0 Å². The van der Waals surface area contributed by atoms with Crippen LogP contribution in [-0.4, -0.2) is 37.6 Å². The molecule has 1 aliphatic rings. The van der Waals surface area contributed by atoms with E-state index in [2.05, 4.69) is 37.9 Å². The van der Waals surface area contributed by atoms with Gasteiger partial charge in [0.2, 0.25) is 0 Å². The Morgan fingerprint density at radius 3 is 2.15 bits per heavy atom. The lowest BCUT2D eigenvalue weighted by atomic mass is 9.73. The van der Waals surface area contributed by atoms with Gasteiger partial charge in [-0.15, -0.1) is 0 Å². The molecule has 0 spiro atoms. The fourth-order valence-electron chi connectivity index (χ4n) is 3.77. The summed E-state index contributed by atoms with van der Waals surface area (Å²) < 4.78 is 0. The highest BCUT2D eigenvalue weighted by Gasteiger charge is 2.33. The summed E-state index contributed by atoms with van der Waals surface area (Å²) in [5.41, 5.74) is 0.552. The average molecular weight is 283 g/mol. The van der Waals surface area contributed by atoms with Crippen molar-refractivity contribution in [2.45, 2.75) is 72.6 Å². The summed E-state index contributed by atoms with van der Waals surface area (Å²) in [6.45, 7) is 15.4. The van der Waals surface area contributed by atoms with Gasteiger partial charge < -0.3 is 10.2 Å². The van der Waals surface area contributed by atoms with Crippen LogP contribution in [0.15, 0.2) is 0 Å². The number of hydrogen-bond donors (Lipinski definition) is 1. The molecular formula is C18H38N2. The Hall–Kier alpha value is -0.0800. The molecule has 2 nitrogen and oxygen atoms in total. The van der Waals surface area contributed by atoms with Gasteiger partial charge >= 0.3 is 0 Å². The molecule has 1 fully saturated rings. The average Bonchev–Trinajstić information content (AvgIpc) is 2.50. The lowest BCUT2D eigenvalue weighted by Gasteiger charge is -2.42. The SMILES string of the molecule is CCNCC1(CN(CC)CC(CC)CC)CCCCC1. The number of hydrogen-bond acceptors (Lipinski definition) is 2. The molecule has 1 aliphatic carbocycles. The van der Waals surface area contributed by atoms with Crippen molar-refractivity contribution in [3.63, 3.8) is 0 Å². The smallest absolute Gasteiger partial charge is 0.00501 e. The zero-order valence-electron chi connectivity index (χ0n) is 14.5. The van der Waals surface area contributed by atoms with Crippen molar-refractivity contribution in [3.8, 4) is 0 Å². The molecule has 0 aromatic heterocycles. The fourth-order valence-corrected chi connectivity index (χ4v) is 3.77. The summed E-state index contributed by atoms with van der Waals surface area (Å²) in [6.07, 6.45) is 9.84. The molecule has 0 amide bonds. The molecule has 1 N–H and O–H groups in total. The molecule has 2 heteroatoms. The first-order chi connectivity index (χ1) is 9.69. The van der Waals surface area contributed by atoms with Gasteiger partial charge in [0.15, 0.2) is 0 Å². The van der Waals surface area contributed by atoms with E-state index in [0.717, 1.165) is 12.5 Å². The number of rotatable bonds is 10. The lowest BCUT2D eigenvalue weighted by molar-refractivity contribution is 0.0940. The summed E-state index contributed by atoms with van der Waals surface area (Å²) in [6, 6.07) is 0. The minimum Gasteiger partial charge on any atom is -0.316 e. The van der Waals surface area contributed by atoms with Gasteiger partial charge in [0, 0.05) is 19.6 Å². The maximum absolute atomic E-state index is 3.64. The van der Waals surface area contributed by atoms with Crippen molar-refractivity contribution >= 4 is 0 Å². The number of nitrogens with zero attached hydrogens (tertiary/aromatic N) is 1. The Morgan fingerprint density at radius 1 is 1.00 bits per heavy atom. The summed E-state index contributed by atoms with van der Waals surface area (Å²) >= 11 is 0. The highest BCUT2D eigenvalue weighted by molar-refractivity contribution is 4.88. The van der Waals surface area contributed by atoms with Crippen LogP contribution in [0.5, 0.6) is 0 Å². The first-order valence-electron chi connectivity index (χ1n) is 9.12. The van der Waals surface area contributed by atoms with Crippen LogP contribution in [0.25, 0.3) is 0 Å². The second kappa shape index (κ2) is 9.78. The van der Waals surface area contributed by atoms with E-state index in [-0.39, 0.29) is 0 Å². The summed E-state index contributed by atoms with van der Waals surface area (Å²) in [4.78, 5) is 2.74. The summed E-state index contributed by atoms with van der Waals surface area (Å²) in [5.74, 6) is 0.884. The van der Waals surface area contributed by atoms with Crippen molar-refractivity contribution in [3.05, 3.63) is 0 Å². The molecule has 0 aliphatic heterocycles. The summed E-state index contributed by atoms with van der Waals surface area (Å²) in [7, 11) is 0. The molecule has 120 valence electrons. The zero-order chi connectivity index (χ0) is 14.8. The predicted octanol–water partition coefficient (Wildman–Crippen LogP) is 4.30. The topological polar surface area (TPSA) is 15.3 Å². The van der Waals surface area contributed by atoms with Gasteiger partial charge in [-0.25, -0.2) is 0 Å². The van der Waals surface area contributed by atoms with E-state index in [1.54, 1.807) is 0 Å². The second-order valence-corrected chi connectivity index (χ2v) is 6.85. The molecular weight excluding hydrogens is 244 g/mol. The van der Waals surface area contributed by atoms with Gasteiger partial charge in [-0.3, -0.25) is 0 Å². The minimum absolute atomic E-state index is 0.552. The predicted molar refractivity (Wildman–Crippen MR) is 90.2 cm³/mol. The first-order valence-corrected chi connectivity index (χ1v) is 9.12. The van der Waals surface area contributed by atoms with Crippen LogP contribution in [0.2, 0.25) is 0 Å². The normalized spacial score (nSPS) is 18.9. The first kappa shape index (κ1) is 18.0. The molecule has 0 atom stereocenters. The van der Waals surface area contributed by atoms with E-state index in [4.69, 9.17) is 0 Å². The maximum atomic E-state index is 3.64. The van der Waals surface area contributed by atoms with Crippen LogP contribution >= 0.6 is 0 Å². The quantitative estimate of drug-likeness (QED) is 0.642. The Morgan fingerprint density at radius 2 is 1.65 bits per heavy atom. The van der Waals surface area contributed by atoms with Crippen LogP contribution < -0.4 is 5.32 Å². The molecule has 1 rings (SSSR count). The standard InChI is InChI=1S/C18H38N2/c1-5-17(6-2)14-20(8-4)16-18(15-19-7-3)12-10-9-11-13-18/h17,19H,5-16H2,1-4H3. The minimum atomic E-state index is 0.552. The van der Waals surface area contributed by atoms with Crippen molar-refractivity contribution in [2.24, 2.45) is 11.3 Å². The van der Waals surface area contributed by atoms with E-state index in [0.29, 0.717) is 5.41 Å². The lowest BCUT2D eigenvalue weighted by Crippen LogP contribution is -2.46. The largest absolute Gasteiger partial charge is 0.316 e. The molecule has 0 aromatic rings. The molecule has 0 unspecified atom stereocenters. The van der Waals surface area contributed by atoms with Crippen LogP contribution in [0.1, 0.15) is 72.6 Å². The van der Waals surface area contributed by atoms with Crippen molar-refractivity contribution in [2.75, 3.05) is 32.7 Å². The Labute approximate surface area is 127 Å². The van der Waals surface area contributed by atoms with E-state index in [9.17, 15) is 0 Å². The van der Waals surface area contributed by atoms with Gasteiger partial charge in [0.1, 0.15) is 0 Å². The van der Waals surface area contributed by atoms with Crippen molar-refractivity contribution in [1.82, 2.24) is 10.2 Å². The van der Waals surface area contributed by atoms with E-state index >= 15 is 0 Å². The highest BCUT2D eigenvalue weighted by atomic mass is 15.1. The highest BCUT2D eigenvalue weighted by Crippen LogP contribution is 2.36. The monoisotopic (exact) mass is 282 g/mol. The molecule has 0 radical (unpaired) electrons. The molecule has 0 heterocycles. The van der Waals surface area contributed by atoms with E-state index in [1.165, 1.54) is 71.1 Å². The maximum Gasteiger partial charge on any atom is 0.00501 e. The Kier molecular flexibility index (Phi) is 8.79. The van der Waals surface area contributed by atoms with Crippen LogP contribution in [0.4, 0.5) is 0 Å². The second-order valence-electron chi connectivity index (χ2n) is 6.85. The van der Waals surface area contributed by atoms with Crippen LogP contribution in [0, 0.1) is 11.3 Å². The van der Waals surface area contributed by atoms with Gasteiger partial charge in [-0.1, -0.05) is 59.8 Å². The number of nitrogens with one attached hydrogen (secondary N) is 1. The van der Waals surface area contributed by atoms with Crippen LogP contribution in [0.3, 0.4) is 0 Å². The van der Waals surface area contributed by atoms with Gasteiger partial charge in [-0.2, -0.15) is 0 Å². The van der Waals surface area contributed by atoms with Crippen molar-refractivity contribution in [1.29, 1.82) is 0 Å². The Balaban J connectivity index is 2.60. The third-order valence-corrected chi connectivity index (χ3v) is 5.34. The van der Waals surface area contributed by atoms with E-state index in [1.807, 2.05) is 0 Å². The third kappa shape index (κ3) is 5.73. The zero-order valence-corrected chi connectivity index (χ0v) is 14.5.